The number of carbonyl (C=O) groups excluding carboxylic acids is 4. The van der Waals surface area contributed by atoms with Gasteiger partial charge in [0, 0.05) is 25.7 Å². The molecular formula is C81H158O17P2. The highest BCUT2D eigenvalue weighted by Crippen LogP contribution is 2.45. The number of unbranched alkanes of at least 4 members (excludes halogenated alkanes) is 53. The Bertz CT molecular complexity index is 1910. The molecule has 3 N–H and O–H groups in total. The first-order valence-corrected chi connectivity index (χ1v) is 45.1. The fourth-order valence-corrected chi connectivity index (χ4v) is 14.2. The smallest absolute Gasteiger partial charge is 0.462 e. The third-order valence-electron chi connectivity index (χ3n) is 19.0. The number of ether oxygens (including phenoxy) is 4. The number of aliphatic hydroxyl groups excluding tert-OH is 1. The van der Waals surface area contributed by atoms with Crippen LogP contribution in [0.2, 0.25) is 0 Å². The zero-order valence-electron chi connectivity index (χ0n) is 65.3. The van der Waals surface area contributed by atoms with Crippen molar-refractivity contribution in [3.63, 3.8) is 0 Å². The fraction of sp³-hybridized carbons (Fsp3) is 0.951. The predicted octanol–water partition coefficient (Wildman–Crippen LogP) is 24.4. The van der Waals surface area contributed by atoms with Gasteiger partial charge in [0.15, 0.2) is 12.2 Å². The summed E-state index contributed by atoms with van der Waals surface area (Å²) < 4.78 is 68.7. The number of rotatable bonds is 81. The molecule has 0 aromatic heterocycles. The Kier molecular flexibility index (Phi) is 72.5. The van der Waals surface area contributed by atoms with Crippen LogP contribution in [0.25, 0.3) is 0 Å². The van der Waals surface area contributed by atoms with Crippen LogP contribution in [0.5, 0.6) is 0 Å². The maximum atomic E-state index is 13.1. The second-order valence-electron chi connectivity index (χ2n) is 29.6. The van der Waals surface area contributed by atoms with E-state index in [1.165, 1.54) is 250 Å². The van der Waals surface area contributed by atoms with Crippen LogP contribution in [0.15, 0.2) is 0 Å². The van der Waals surface area contributed by atoms with E-state index in [0.29, 0.717) is 31.6 Å². The molecule has 19 heteroatoms. The highest BCUT2D eigenvalue weighted by atomic mass is 31.2. The lowest BCUT2D eigenvalue weighted by Crippen LogP contribution is -2.30. The number of hydrogen-bond donors (Lipinski definition) is 3. The zero-order valence-corrected chi connectivity index (χ0v) is 67.1. The Morgan fingerprint density at radius 3 is 0.680 bits per heavy atom. The molecule has 0 radical (unpaired) electrons. The van der Waals surface area contributed by atoms with Crippen LogP contribution in [-0.2, 0) is 65.4 Å². The second-order valence-corrected chi connectivity index (χ2v) is 32.5. The summed E-state index contributed by atoms with van der Waals surface area (Å²) in [6.07, 6.45) is 65.4. The van der Waals surface area contributed by atoms with Crippen LogP contribution >= 0.6 is 15.6 Å². The van der Waals surface area contributed by atoms with Crippen LogP contribution in [-0.4, -0.2) is 96.7 Å². The number of esters is 4. The van der Waals surface area contributed by atoms with E-state index in [0.717, 1.165) is 96.3 Å². The number of hydrogen-bond acceptors (Lipinski definition) is 15. The topological polar surface area (TPSA) is 237 Å². The molecular weight excluding hydrogens is 1310 g/mol. The number of aliphatic hydroxyl groups is 1. The van der Waals surface area contributed by atoms with E-state index in [2.05, 4.69) is 34.6 Å². The number of phosphoric acid groups is 2. The molecule has 594 valence electrons. The summed E-state index contributed by atoms with van der Waals surface area (Å²) in [7, 11) is -9.92. The molecule has 0 spiro atoms. The Morgan fingerprint density at radius 1 is 0.270 bits per heavy atom. The molecule has 0 aliphatic rings. The summed E-state index contributed by atoms with van der Waals surface area (Å²) in [5.41, 5.74) is 0. The van der Waals surface area contributed by atoms with Gasteiger partial charge < -0.3 is 33.8 Å². The highest BCUT2D eigenvalue weighted by Gasteiger charge is 2.30. The van der Waals surface area contributed by atoms with E-state index in [9.17, 15) is 43.2 Å². The zero-order chi connectivity index (χ0) is 73.4. The first-order chi connectivity index (χ1) is 48.5. The molecule has 0 aromatic carbocycles. The van der Waals surface area contributed by atoms with Crippen molar-refractivity contribution in [2.24, 2.45) is 5.92 Å². The normalized spacial score (nSPS) is 13.8. The molecule has 0 aliphatic carbocycles. The molecule has 0 bridgehead atoms. The summed E-state index contributed by atoms with van der Waals surface area (Å²) in [4.78, 5) is 73.0. The minimum absolute atomic E-state index is 0.107. The first-order valence-electron chi connectivity index (χ1n) is 42.1. The average Bonchev–Trinajstić information content (AvgIpc) is 0.922. The van der Waals surface area contributed by atoms with Crippen molar-refractivity contribution in [2.75, 3.05) is 39.6 Å². The number of carbonyl (C=O) groups is 4. The maximum Gasteiger partial charge on any atom is 0.472 e. The lowest BCUT2D eigenvalue weighted by atomic mass is 10.0. The van der Waals surface area contributed by atoms with Crippen molar-refractivity contribution in [3.8, 4) is 0 Å². The van der Waals surface area contributed by atoms with E-state index >= 15 is 0 Å². The van der Waals surface area contributed by atoms with E-state index in [4.69, 9.17) is 37.0 Å². The van der Waals surface area contributed by atoms with Crippen molar-refractivity contribution < 1.29 is 80.2 Å². The summed E-state index contributed by atoms with van der Waals surface area (Å²) in [5, 5.41) is 10.6. The van der Waals surface area contributed by atoms with Gasteiger partial charge in [-0.3, -0.25) is 37.3 Å². The molecule has 2 unspecified atom stereocenters. The van der Waals surface area contributed by atoms with Crippen molar-refractivity contribution in [1.82, 2.24) is 0 Å². The molecule has 0 heterocycles. The van der Waals surface area contributed by atoms with Crippen LogP contribution in [0.4, 0.5) is 0 Å². The minimum atomic E-state index is -4.96. The molecule has 0 amide bonds. The molecule has 0 aliphatic heterocycles. The van der Waals surface area contributed by atoms with Gasteiger partial charge in [0.2, 0.25) is 0 Å². The van der Waals surface area contributed by atoms with Gasteiger partial charge in [-0.15, -0.1) is 0 Å². The average molecular weight is 1470 g/mol. The molecule has 0 saturated carbocycles. The molecule has 17 nitrogen and oxygen atoms in total. The Labute approximate surface area is 613 Å². The minimum Gasteiger partial charge on any atom is -0.462 e. The third kappa shape index (κ3) is 74.3. The fourth-order valence-electron chi connectivity index (χ4n) is 12.6. The predicted molar refractivity (Wildman–Crippen MR) is 409 cm³/mol. The van der Waals surface area contributed by atoms with E-state index in [1.807, 2.05) is 0 Å². The molecule has 0 rings (SSSR count). The van der Waals surface area contributed by atoms with Crippen molar-refractivity contribution in [3.05, 3.63) is 0 Å². The Hall–Kier alpha value is -1.94. The lowest BCUT2D eigenvalue weighted by molar-refractivity contribution is -0.161. The molecule has 0 fully saturated rings. The van der Waals surface area contributed by atoms with Gasteiger partial charge >= 0.3 is 39.5 Å². The third-order valence-corrected chi connectivity index (χ3v) is 20.9. The highest BCUT2D eigenvalue weighted by molar-refractivity contribution is 7.47. The monoisotopic (exact) mass is 1470 g/mol. The molecule has 0 aromatic rings. The van der Waals surface area contributed by atoms with E-state index in [-0.39, 0.29) is 25.7 Å². The van der Waals surface area contributed by atoms with Crippen molar-refractivity contribution in [2.45, 2.75) is 451 Å². The van der Waals surface area contributed by atoms with Crippen molar-refractivity contribution >= 4 is 39.5 Å². The van der Waals surface area contributed by atoms with Crippen molar-refractivity contribution in [1.29, 1.82) is 0 Å². The van der Waals surface area contributed by atoms with Crippen LogP contribution in [0, 0.1) is 5.92 Å². The first kappa shape index (κ1) is 98.1. The van der Waals surface area contributed by atoms with Gasteiger partial charge in [-0.25, -0.2) is 9.13 Å². The summed E-state index contributed by atoms with van der Waals surface area (Å²) in [6, 6.07) is 0. The Balaban J connectivity index is 5.22. The van der Waals surface area contributed by atoms with Gasteiger partial charge in [0.25, 0.3) is 0 Å². The second kappa shape index (κ2) is 73.9. The summed E-state index contributed by atoms with van der Waals surface area (Å²) in [5.74, 6) is -1.43. The largest absolute Gasteiger partial charge is 0.472 e. The lowest BCUT2D eigenvalue weighted by Gasteiger charge is -2.21. The number of phosphoric ester groups is 2. The summed E-state index contributed by atoms with van der Waals surface area (Å²) >= 11 is 0. The van der Waals surface area contributed by atoms with Gasteiger partial charge in [0.1, 0.15) is 19.3 Å². The SMILES string of the molecule is CCCCCCCCCCCCCCCCCCCCC(=O)OC[C@H](COP(=O)(O)OC[C@@H](O)COP(=O)(O)OC[C@@H](COC(=O)CCCCCCCCC(C)C)OC(=O)CCCCCCCCCCCCCCCCC)OC(=O)CCCCCCCCCCCCCCCCCCCC. The molecule has 0 saturated heterocycles. The Morgan fingerprint density at radius 2 is 0.460 bits per heavy atom. The molecule has 100 heavy (non-hydrogen) atoms. The van der Waals surface area contributed by atoms with Gasteiger partial charge in [-0.2, -0.15) is 0 Å². The quantitative estimate of drug-likeness (QED) is 0.0222. The van der Waals surface area contributed by atoms with Crippen LogP contribution in [0.3, 0.4) is 0 Å². The van der Waals surface area contributed by atoms with E-state index in [1.54, 1.807) is 0 Å². The maximum absolute atomic E-state index is 13.1. The van der Waals surface area contributed by atoms with Gasteiger partial charge in [-0.05, 0) is 31.6 Å². The molecule has 5 atom stereocenters. The van der Waals surface area contributed by atoms with Gasteiger partial charge in [0.05, 0.1) is 26.4 Å². The van der Waals surface area contributed by atoms with Gasteiger partial charge in [-0.1, -0.05) is 381 Å². The van der Waals surface area contributed by atoms with Crippen LogP contribution in [0.1, 0.15) is 433 Å². The standard InChI is InChI=1S/C81H158O17P2/c1-6-9-12-15-18-21-24-27-30-32-34-37-39-42-45-48-54-59-64-78(83)91-70-76(97-80(85)66-62-57-50-47-44-41-38-35-33-31-28-25-22-19-16-13-10-7-2)72-95-99(87,88)93-68-75(82)69-94-100(89,90)96-73-77(71-92-79(84)65-60-55-52-51-53-58-63-74(4)5)98-81(86)67-61-56-49-46-43-40-36-29-26-23-20-17-14-11-8-3/h74-77,82H,6-73H2,1-5H3,(H,87,88)(H,89,90)/t75-,76-,77-/m1/s1. The van der Waals surface area contributed by atoms with Crippen LogP contribution < -0.4 is 0 Å². The summed E-state index contributed by atoms with van der Waals surface area (Å²) in [6.45, 7) is 7.25. The van der Waals surface area contributed by atoms with E-state index < -0.39 is 97.5 Å².